The van der Waals surface area contributed by atoms with Crippen LogP contribution in [0.1, 0.15) is 82.5 Å². The van der Waals surface area contributed by atoms with Crippen LogP contribution >= 0.6 is 0 Å². The average molecular weight is 592 g/mol. The fraction of sp³-hybridized carbons (Fsp3) is 0.538. The first-order valence-electron chi connectivity index (χ1n) is 16.9. The summed E-state index contributed by atoms with van der Waals surface area (Å²) in [7, 11) is 0. The standard InChI is InChI=1S/C39H45NO4/c1-4-22-40-25-38(44-34(40)43)19-16-32-36(38,3)18-15-31-35(2)17-14-27(41)23-37(35)20-21-39(31,32)30(24-37)33(42)29-13-9-8-12-28(29)26-10-6-5-7-11-26/h5-13,20-21,24,27,31-32,41H,4,14-19,22-23,25H2,1-3H3. The summed E-state index contributed by atoms with van der Waals surface area (Å²) in [6, 6.07) is 18.3. The molecule has 8 unspecified atom stereocenters. The Morgan fingerprint density at radius 2 is 1.64 bits per heavy atom. The van der Waals surface area contributed by atoms with E-state index in [9.17, 15) is 9.90 Å². The number of carbonyl (C=O) groups excluding carboxylic acids is 2. The second kappa shape index (κ2) is 9.42. The van der Waals surface area contributed by atoms with Crippen LogP contribution in [-0.4, -0.2) is 46.7 Å². The molecule has 44 heavy (non-hydrogen) atoms. The van der Waals surface area contributed by atoms with Crippen molar-refractivity contribution < 1.29 is 19.4 Å². The molecule has 2 bridgehead atoms. The molecule has 2 aromatic rings. The van der Waals surface area contributed by atoms with Gasteiger partial charge in [-0.1, -0.05) is 93.6 Å². The second-order valence-electron chi connectivity index (χ2n) is 15.3. The van der Waals surface area contributed by atoms with Crippen molar-refractivity contribution in [2.24, 2.45) is 33.5 Å². The summed E-state index contributed by atoms with van der Waals surface area (Å²) in [4.78, 5) is 30.3. The van der Waals surface area contributed by atoms with Crippen molar-refractivity contribution in [2.45, 2.75) is 83.8 Å². The predicted octanol–water partition coefficient (Wildman–Crippen LogP) is 8.00. The summed E-state index contributed by atoms with van der Waals surface area (Å²) in [5.41, 5.74) is 2.07. The second-order valence-corrected chi connectivity index (χ2v) is 15.3. The van der Waals surface area contributed by atoms with E-state index in [2.05, 4.69) is 57.2 Å². The van der Waals surface area contributed by atoms with Gasteiger partial charge in [0.25, 0.3) is 0 Å². The molecule has 3 saturated carbocycles. The van der Waals surface area contributed by atoms with E-state index >= 15 is 4.79 Å². The number of Topliss-reactive ketones (excluding diaryl/α,β-unsaturated/α-hetero) is 1. The van der Waals surface area contributed by atoms with Gasteiger partial charge in [0.1, 0.15) is 5.60 Å². The Morgan fingerprint density at radius 1 is 0.932 bits per heavy atom. The van der Waals surface area contributed by atoms with Gasteiger partial charge in [-0.2, -0.15) is 0 Å². The smallest absolute Gasteiger partial charge is 0.410 e. The van der Waals surface area contributed by atoms with Gasteiger partial charge in [0.2, 0.25) is 0 Å². The Labute approximate surface area is 261 Å². The number of aliphatic hydroxyl groups is 1. The molecule has 1 saturated heterocycles. The zero-order chi connectivity index (χ0) is 30.5. The molecule has 1 heterocycles. The molecular formula is C39H45NO4. The highest BCUT2D eigenvalue weighted by Crippen LogP contribution is 2.79. The van der Waals surface area contributed by atoms with E-state index in [0.29, 0.717) is 13.0 Å². The maximum absolute atomic E-state index is 15.2. The number of aliphatic hydroxyl groups excluding tert-OH is 1. The first kappa shape index (κ1) is 28.3. The van der Waals surface area contributed by atoms with Crippen LogP contribution in [0.4, 0.5) is 4.79 Å². The summed E-state index contributed by atoms with van der Waals surface area (Å²) < 4.78 is 6.46. The number of allylic oxidation sites excluding steroid dienone is 4. The van der Waals surface area contributed by atoms with Gasteiger partial charge in [-0.25, -0.2) is 4.79 Å². The lowest BCUT2D eigenvalue weighted by atomic mass is 9.32. The molecule has 5 nitrogen and oxygen atoms in total. The first-order valence-corrected chi connectivity index (χ1v) is 16.9. The van der Waals surface area contributed by atoms with Gasteiger partial charge in [0.15, 0.2) is 5.78 Å². The van der Waals surface area contributed by atoms with Crippen LogP contribution in [0.25, 0.3) is 11.1 Å². The molecule has 2 aromatic carbocycles. The molecule has 5 heteroatoms. The quantitative estimate of drug-likeness (QED) is 0.283. The van der Waals surface area contributed by atoms with Gasteiger partial charge in [0.05, 0.1) is 12.6 Å². The van der Waals surface area contributed by atoms with Crippen LogP contribution in [0.3, 0.4) is 0 Å². The monoisotopic (exact) mass is 591 g/mol. The van der Waals surface area contributed by atoms with Crippen LogP contribution in [0, 0.1) is 33.5 Å². The lowest BCUT2D eigenvalue weighted by molar-refractivity contribution is -0.164. The molecule has 8 atom stereocenters. The van der Waals surface area contributed by atoms with E-state index in [1.807, 2.05) is 41.3 Å². The number of hydrogen-bond acceptors (Lipinski definition) is 4. The summed E-state index contributed by atoms with van der Waals surface area (Å²) >= 11 is 0. The molecule has 3 spiro atoms. The SMILES string of the molecule is CCCN1CC2(CCC3C45C=CC6(C=C4C(=O)c4ccccc4-c4ccccc4)CC(O)CCC6(C)C5CCC32C)OC1=O. The Balaban J connectivity index is 1.30. The summed E-state index contributed by atoms with van der Waals surface area (Å²) in [5.74, 6) is 0.583. The molecule has 1 N–H and O–H groups in total. The molecule has 0 radical (unpaired) electrons. The van der Waals surface area contributed by atoms with Gasteiger partial charge in [0, 0.05) is 33.9 Å². The van der Waals surface area contributed by atoms with E-state index in [-0.39, 0.29) is 46.1 Å². The van der Waals surface area contributed by atoms with Gasteiger partial charge in [-0.3, -0.25) is 4.79 Å². The Bertz CT molecular complexity index is 1600. The van der Waals surface area contributed by atoms with Crippen molar-refractivity contribution in [1.82, 2.24) is 4.90 Å². The number of rotatable bonds is 5. The van der Waals surface area contributed by atoms with Crippen molar-refractivity contribution in [3.8, 4) is 11.1 Å². The number of amides is 1. The van der Waals surface area contributed by atoms with Crippen molar-refractivity contribution in [3.05, 3.63) is 84.0 Å². The minimum absolute atomic E-state index is 0.0403. The highest BCUT2D eigenvalue weighted by atomic mass is 16.6. The minimum atomic E-state index is -0.525. The average Bonchev–Trinajstić information content (AvgIpc) is 3.51. The number of hydrogen-bond donors (Lipinski definition) is 1. The molecule has 0 aromatic heterocycles. The van der Waals surface area contributed by atoms with Crippen molar-refractivity contribution in [1.29, 1.82) is 0 Å². The summed E-state index contributed by atoms with van der Waals surface area (Å²) in [6.07, 6.45) is 13.7. The van der Waals surface area contributed by atoms with Gasteiger partial charge < -0.3 is 14.7 Å². The Hall–Kier alpha value is -3.18. The van der Waals surface area contributed by atoms with Crippen molar-refractivity contribution in [3.63, 3.8) is 0 Å². The lowest BCUT2D eigenvalue weighted by Gasteiger charge is -2.71. The molecule has 6 aliphatic carbocycles. The maximum Gasteiger partial charge on any atom is 0.410 e. The summed E-state index contributed by atoms with van der Waals surface area (Å²) in [6.45, 7) is 8.30. The highest BCUT2D eigenvalue weighted by molar-refractivity contribution is 6.14. The van der Waals surface area contributed by atoms with Crippen LogP contribution in [0.5, 0.6) is 0 Å². The number of ketones is 1. The number of fused-ring (bicyclic) bond motifs is 2. The van der Waals surface area contributed by atoms with E-state index < -0.39 is 11.0 Å². The third-order valence-corrected chi connectivity index (χ3v) is 13.7. The van der Waals surface area contributed by atoms with E-state index in [4.69, 9.17) is 4.74 Å². The van der Waals surface area contributed by atoms with Crippen LogP contribution < -0.4 is 0 Å². The third-order valence-electron chi connectivity index (χ3n) is 13.7. The lowest BCUT2D eigenvalue weighted by Crippen LogP contribution is -2.67. The number of ether oxygens (including phenoxy) is 1. The van der Waals surface area contributed by atoms with E-state index in [0.717, 1.165) is 73.8 Å². The molecule has 7 aliphatic rings. The van der Waals surface area contributed by atoms with Crippen LogP contribution in [0.15, 0.2) is 78.4 Å². The largest absolute Gasteiger partial charge is 0.440 e. The van der Waals surface area contributed by atoms with Crippen molar-refractivity contribution in [2.75, 3.05) is 13.1 Å². The minimum Gasteiger partial charge on any atom is -0.440 e. The highest BCUT2D eigenvalue weighted by Gasteiger charge is 2.76. The van der Waals surface area contributed by atoms with Crippen molar-refractivity contribution >= 4 is 11.9 Å². The molecular weight excluding hydrogens is 546 g/mol. The van der Waals surface area contributed by atoms with Gasteiger partial charge in [-0.05, 0) is 79.7 Å². The van der Waals surface area contributed by atoms with Gasteiger partial charge in [-0.15, -0.1) is 0 Å². The van der Waals surface area contributed by atoms with E-state index in [1.165, 1.54) is 0 Å². The fourth-order valence-corrected chi connectivity index (χ4v) is 11.5. The first-order chi connectivity index (χ1) is 21.1. The number of nitrogens with zero attached hydrogens (tertiary/aromatic N) is 1. The van der Waals surface area contributed by atoms with Crippen LogP contribution in [0.2, 0.25) is 0 Å². The zero-order valence-electron chi connectivity index (χ0n) is 26.4. The van der Waals surface area contributed by atoms with E-state index in [1.54, 1.807) is 0 Å². The molecule has 230 valence electrons. The van der Waals surface area contributed by atoms with Crippen LogP contribution in [-0.2, 0) is 4.74 Å². The molecule has 4 fully saturated rings. The predicted molar refractivity (Wildman–Crippen MR) is 171 cm³/mol. The molecule has 1 aliphatic heterocycles. The Kier molecular flexibility index (Phi) is 6.06. The molecule has 1 amide bonds. The topological polar surface area (TPSA) is 66.8 Å². The zero-order valence-corrected chi connectivity index (χ0v) is 26.4. The summed E-state index contributed by atoms with van der Waals surface area (Å²) in [5, 5.41) is 11.0. The third kappa shape index (κ3) is 3.40. The maximum atomic E-state index is 15.2. The Morgan fingerprint density at radius 3 is 2.43 bits per heavy atom. The number of benzene rings is 2. The fourth-order valence-electron chi connectivity index (χ4n) is 11.5. The van der Waals surface area contributed by atoms with Gasteiger partial charge >= 0.3 is 6.09 Å². The normalized spacial score (nSPS) is 41.6. The number of carbonyl (C=O) groups is 2. The molecule has 9 rings (SSSR count).